The maximum absolute atomic E-state index is 10.9. The van der Waals surface area contributed by atoms with Crippen molar-refractivity contribution >= 4 is 11.9 Å². The maximum Gasteiger partial charge on any atom is 0.305 e. The van der Waals surface area contributed by atoms with Crippen LogP contribution in [0.3, 0.4) is 0 Å². The molecule has 0 saturated heterocycles. The Balaban J connectivity index is 2.12. The Bertz CT molecular complexity index is 582. The third kappa shape index (κ3) is 4.59. The fourth-order valence-electron chi connectivity index (χ4n) is 2.15. The number of aliphatic carboxylic acids is 1. The zero-order chi connectivity index (χ0) is 15.2. The molecule has 21 heavy (non-hydrogen) atoms. The third-order valence-corrected chi connectivity index (χ3v) is 2.94. The summed E-state index contributed by atoms with van der Waals surface area (Å²) >= 11 is 0. The second-order valence-electron chi connectivity index (χ2n) is 5.31. The average molecular weight is 289 g/mol. The highest BCUT2D eigenvalue weighted by atomic mass is 16.4. The van der Waals surface area contributed by atoms with E-state index in [1.807, 2.05) is 6.07 Å². The van der Waals surface area contributed by atoms with Gasteiger partial charge < -0.3 is 14.8 Å². The van der Waals surface area contributed by atoms with Crippen molar-refractivity contribution in [2.45, 2.75) is 32.7 Å². The number of nitrogens with one attached hydrogen (secondary N) is 1. The van der Waals surface area contributed by atoms with E-state index in [1.54, 1.807) is 24.6 Å². The zero-order valence-electron chi connectivity index (χ0n) is 12.1. The second-order valence-corrected chi connectivity index (χ2v) is 5.31. The minimum absolute atomic E-state index is 0.0342. The number of anilines is 1. The molecule has 0 aliphatic heterocycles. The molecule has 0 radical (unpaired) electrons. The number of furan rings is 1. The van der Waals surface area contributed by atoms with Crippen LogP contribution < -0.4 is 5.32 Å². The predicted molar refractivity (Wildman–Crippen MR) is 78.9 cm³/mol. The fraction of sp³-hybridized carbons (Fsp3) is 0.400. The van der Waals surface area contributed by atoms with Gasteiger partial charge in [-0.1, -0.05) is 13.8 Å². The molecule has 0 aromatic carbocycles. The quantitative estimate of drug-likeness (QED) is 0.814. The van der Waals surface area contributed by atoms with Crippen LogP contribution in [-0.2, 0) is 4.79 Å². The van der Waals surface area contributed by atoms with E-state index in [2.05, 4.69) is 29.1 Å². The second kappa shape index (κ2) is 6.88. The Hall–Kier alpha value is -2.37. The first-order chi connectivity index (χ1) is 10.0. The van der Waals surface area contributed by atoms with Crippen molar-refractivity contribution in [3.8, 4) is 11.5 Å². The van der Waals surface area contributed by atoms with Gasteiger partial charge in [0, 0.05) is 12.2 Å². The first-order valence-corrected chi connectivity index (χ1v) is 6.90. The van der Waals surface area contributed by atoms with E-state index < -0.39 is 5.97 Å². The summed E-state index contributed by atoms with van der Waals surface area (Å²) < 4.78 is 5.30. The van der Waals surface area contributed by atoms with Gasteiger partial charge in [-0.3, -0.25) is 4.79 Å². The molecule has 2 heterocycles. The Morgan fingerprint density at radius 2 is 2.24 bits per heavy atom. The molecule has 0 fully saturated rings. The molecule has 0 bridgehead atoms. The van der Waals surface area contributed by atoms with Crippen molar-refractivity contribution in [1.82, 2.24) is 9.97 Å². The van der Waals surface area contributed by atoms with E-state index in [9.17, 15) is 4.79 Å². The smallest absolute Gasteiger partial charge is 0.305 e. The number of carboxylic acid groups (broad SMARTS) is 1. The Labute approximate surface area is 123 Å². The van der Waals surface area contributed by atoms with Gasteiger partial charge in [0.25, 0.3) is 0 Å². The van der Waals surface area contributed by atoms with Crippen LogP contribution in [0.25, 0.3) is 11.5 Å². The number of aromatic nitrogens is 2. The SMILES string of the molecule is CC(C)C[C@H](CC(=O)O)Nc1nccc(-c2ccco2)n1. The minimum Gasteiger partial charge on any atom is -0.481 e. The number of hydrogen-bond donors (Lipinski definition) is 2. The lowest BCUT2D eigenvalue weighted by molar-refractivity contribution is -0.137. The van der Waals surface area contributed by atoms with E-state index in [0.29, 0.717) is 23.3 Å². The van der Waals surface area contributed by atoms with Crippen molar-refractivity contribution in [3.63, 3.8) is 0 Å². The molecule has 112 valence electrons. The van der Waals surface area contributed by atoms with Gasteiger partial charge in [0.1, 0.15) is 5.69 Å². The molecular weight excluding hydrogens is 270 g/mol. The molecule has 6 nitrogen and oxygen atoms in total. The van der Waals surface area contributed by atoms with Crippen LogP contribution in [-0.4, -0.2) is 27.1 Å². The van der Waals surface area contributed by atoms with Crippen LogP contribution in [0.4, 0.5) is 5.95 Å². The monoisotopic (exact) mass is 289 g/mol. The van der Waals surface area contributed by atoms with Gasteiger partial charge in [0.15, 0.2) is 5.76 Å². The number of rotatable bonds is 7. The molecule has 2 aromatic rings. The van der Waals surface area contributed by atoms with E-state index >= 15 is 0 Å². The summed E-state index contributed by atoms with van der Waals surface area (Å²) in [6.45, 7) is 4.10. The first kappa shape index (κ1) is 15.0. The summed E-state index contributed by atoms with van der Waals surface area (Å²) in [4.78, 5) is 19.4. The van der Waals surface area contributed by atoms with Gasteiger partial charge in [-0.25, -0.2) is 9.97 Å². The van der Waals surface area contributed by atoms with Crippen LogP contribution in [0.5, 0.6) is 0 Å². The molecule has 0 aliphatic carbocycles. The Morgan fingerprint density at radius 1 is 1.43 bits per heavy atom. The lowest BCUT2D eigenvalue weighted by Gasteiger charge is -2.18. The number of carbonyl (C=O) groups is 1. The molecule has 1 atom stereocenters. The molecule has 6 heteroatoms. The molecule has 0 saturated carbocycles. The normalized spacial score (nSPS) is 12.3. The molecule has 0 unspecified atom stereocenters. The molecule has 2 N–H and O–H groups in total. The summed E-state index contributed by atoms with van der Waals surface area (Å²) in [6.07, 6.45) is 3.98. The van der Waals surface area contributed by atoms with Crippen molar-refractivity contribution in [3.05, 3.63) is 30.7 Å². The molecule has 2 rings (SSSR count). The molecular formula is C15H19N3O3. The van der Waals surface area contributed by atoms with Crippen molar-refractivity contribution in [1.29, 1.82) is 0 Å². The van der Waals surface area contributed by atoms with Gasteiger partial charge in [-0.15, -0.1) is 0 Å². The van der Waals surface area contributed by atoms with E-state index in [0.717, 1.165) is 6.42 Å². The fourth-order valence-corrected chi connectivity index (χ4v) is 2.15. The van der Waals surface area contributed by atoms with Gasteiger partial charge in [-0.2, -0.15) is 0 Å². The number of carboxylic acids is 1. The van der Waals surface area contributed by atoms with E-state index in [4.69, 9.17) is 9.52 Å². The average Bonchev–Trinajstić information content (AvgIpc) is 2.91. The van der Waals surface area contributed by atoms with Gasteiger partial charge in [-0.05, 0) is 30.5 Å². The standard InChI is InChI=1S/C15H19N3O3/c1-10(2)8-11(9-14(19)20)17-15-16-6-5-12(18-15)13-4-3-7-21-13/h3-7,10-11H,8-9H2,1-2H3,(H,19,20)(H,16,17,18)/t11-/m1/s1. The minimum atomic E-state index is -0.838. The predicted octanol–water partition coefficient (Wildman–Crippen LogP) is 3.04. The van der Waals surface area contributed by atoms with Crippen molar-refractivity contribution in [2.75, 3.05) is 5.32 Å². The summed E-state index contributed by atoms with van der Waals surface area (Å²) in [5.74, 6) is 0.611. The summed E-state index contributed by atoms with van der Waals surface area (Å²) in [6, 6.07) is 5.15. The number of hydrogen-bond acceptors (Lipinski definition) is 5. The lowest BCUT2D eigenvalue weighted by Crippen LogP contribution is -2.26. The van der Waals surface area contributed by atoms with Crippen LogP contribution in [0.1, 0.15) is 26.7 Å². The Kier molecular flexibility index (Phi) is 4.92. The highest BCUT2D eigenvalue weighted by Gasteiger charge is 2.16. The van der Waals surface area contributed by atoms with Crippen LogP contribution in [0.15, 0.2) is 35.1 Å². The molecule has 2 aromatic heterocycles. The Morgan fingerprint density at radius 3 is 2.86 bits per heavy atom. The summed E-state index contributed by atoms with van der Waals surface area (Å²) in [7, 11) is 0. The highest BCUT2D eigenvalue weighted by molar-refractivity contribution is 5.68. The van der Waals surface area contributed by atoms with Gasteiger partial charge in [0.2, 0.25) is 5.95 Å². The molecule has 0 amide bonds. The van der Waals surface area contributed by atoms with Crippen molar-refractivity contribution < 1.29 is 14.3 Å². The first-order valence-electron chi connectivity index (χ1n) is 6.90. The summed E-state index contributed by atoms with van der Waals surface area (Å²) in [5, 5.41) is 12.1. The van der Waals surface area contributed by atoms with Crippen molar-refractivity contribution in [2.24, 2.45) is 5.92 Å². The largest absolute Gasteiger partial charge is 0.481 e. The molecule has 0 spiro atoms. The molecule has 0 aliphatic rings. The van der Waals surface area contributed by atoms with Crippen LogP contribution in [0, 0.1) is 5.92 Å². The van der Waals surface area contributed by atoms with E-state index in [-0.39, 0.29) is 12.5 Å². The lowest BCUT2D eigenvalue weighted by atomic mass is 10.0. The third-order valence-electron chi connectivity index (χ3n) is 2.94. The van der Waals surface area contributed by atoms with Gasteiger partial charge >= 0.3 is 5.97 Å². The van der Waals surface area contributed by atoms with Gasteiger partial charge in [0.05, 0.1) is 12.7 Å². The van der Waals surface area contributed by atoms with Crippen LogP contribution >= 0.6 is 0 Å². The topological polar surface area (TPSA) is 88.2 Å². The van der Waals surface area contributed by atoms with E-state index in [1.165, 1.54) is 0 Å². The number of nitrogens with zero attached hydrogens (tertiary/aromatic N) is 2. The van der Waals surface area contributed by atoms with Crippen LogP contribution in [0.2, 0.25) is 0 Å². The zero-order valence-corrected chi connectivity index (χ0v) is 12.1. The highest BCUT2D eigenvalue weighted by Crippen LogP contribution is 2.19. The maximum atomic E-state index is 10.9. The summed E-state index contributed by atoms with van der Waals surface area (Å²) in [5.41, 5.74) is 0.663.